The van der Waals surface area contributed by atoms with Crippen LogP contribution in [0.25, 0.3) is 10.2 Å². The molecule has 0 aliphatic heterocycles. The van der Waals surface area contributed by atoms with Crippen molar-refractivity contribution in [2.24, 2.45) is 0 Å². The number of H-pyrrole nitrogens is 1. The van der Waals surface area contributed by atoms with Crippen molar-refractivity contribution < 1.29 is 9.59 Å². The minimum atomic E-state index is -0.136. The molecule has 0 aliphatic rings. The van der Waals surface area contributed by atoms with E-state index in [1.807, 2.05) is 13.0 Å². The van der Waals surface area contributed by atoms with E-state index in [1.165, 1.54) is 30.0 Å². The fraction of sp³-hybridized carbons (Fsp3) is 0.333. The van der Waals surface area contributed by atoms with Crippen LogP contribution < -0.4 is 5.56 Å². The van der Waals surface area contributed by atoms with E-state index in [1.54, 1.807) is 24.5 Å². The number of hydrogen-bond donors (Lipinski definition) is 1. The van der Waals surface area contributed by atoms with E-state index < -0.39 is 0 Å². The molecule has 0 spiro atoms. The van der Waals surface area contributed by atoms with E-state index in [2.05, 4.69) is 16.5 Å². The molecule has 0 saturated heterocycles. The number of aromatic amines is 1. The van der Waals surface area contributed by atoms with Gasteiger partial charge in [-0.1, -0.05) is 24.8 Å². The average molecular weight is 430 g/mol. The summed E-state index contributed by atoms with van der Waals surface area (Å²) >= 11 is 2.73. The standard InChI is InChI=1S/C21H23N3O3S2/c1-6-8-24-20(27)15-9-14(7-2)29-19(15)23-21(24)28-10-16(26)18-11(3)17(13(5)25)12(4)22-18/h6,9,22H,1,7-8,10H2,2-5H3. The third-order valence-corrected chi connectivity index (χ3v) is 6.88. The topological polar surface area (TPSA) is 84.8 Å². The maximum absolute atomic E-state index is 12.9. The number of nitrogens with zero attached hydrogens (tertiary/aromatic N) is 2. The van der Waals surface area contributed by atoms with Gasteiger partial charge >= 0.3 is 0 Å². The predicted octanol–water partition coefficient (Wildman–Crippen LogP) is 4.33. The van der Waals surface area contributed by atoms with Crippen molar-refractivity contribution in [1.82, 2.24) is 14.5 Å². The third kappa shape index (κ3) is 4.00. The van der Waals surface area contributed by atoms with Crippen LogP contribution in [0.4, 0.5) is 0 Å². The number of aromatic nitrogens is 3. The Morgan fingerprint density at radius 2 is 2.10 bits per heavy atom. The van der Waals surface area contributed by atoms with E-state index in [9.17, 15) is 14.4 Å². The molecule has 3 heterocycles. The van der Waals surface area contributed by atoms with E-state index >= 15 is 0 Å². The number of aryl methyl sites for hydroxylation is 2. The van der Waals surface area contributed by atoms with E-state index in [0.29, 0.717) is 44.4 Å². The molecule has 0 fully saturated rings. The Morgan fingerprint density at radius 1 is 1.38 bits per heavy atom. The summed E-state index contributed by atoms with van der Waals surface area (Å²) in [5, 5.41) is 1.10. The maximum atomic E-state index is 12.9. The second-order valence-electron chi connectivity index (χ2n) is 6.78. The summed E-state index contributed by atoms with van der Waals surface area (Å²) in [5.41, 5.74) is 2.23. The van der Waals surface area contributed by atoms with Crippen LogP contribution in [-0.4, -0.2) is 31.9 Å². The van der Waals surface area contributed by atoms with E-state index in [0.717, 1.165) is 11.3 Å². The molecule has 29 heavy (non-hydrogen) atoms. The molecule has 3 aromatic heterocycles. The maximum Gasteiger partial charge on any atom is 0.263 e. The SMILES string of the molecule is C=CCn1c(SCC(=O)c2[nH]c(C)c(C(C)=O)c2C)nc2sc(CC)cc2c1=O. The first kappa shape index (κ1) is 21.3. The van der Waals surface area contributed by atoms with Crippen LogP contribution in [0.3, 0.4) is 0 Å². The molecule has 3 rings (SSSR count). The van der Waals surface area contributed by atoms with Crippen LogP contribution >= 0.6 is 23.1 Å². The minimum absolute atomic E-state index is 0.0701. The number of allylic oxidation sites excluding steroid dienone is 1. The lowest BCUT2D eigenvalue weighted by atomic mass is 10.1. The Labute approximate surface area is 177 Å². The molecule has 0 aliphatic carbocycles. The van der Waals surface area contributed by atoms with Gasteiger partial charge in [0.2, 0.25) is 0 Å². The molecule has 0 unspecified atom stereocenters. The van der Waals surface area contributed by atoms with Crippen LogP contribution in [0.15, 0.2) is 28.7 Å². The highest BCUT2D eigenvalue weighted by Crippen LogP contribution is 2.26. The van der Waals surface area contributed by atoms with Gasteiger partial charge in [-0.2, -0.15) is 0 Å². The van der Waals surface area contributed by atoms with Crippen LogP contribution in [0, 0.1) is 13.8 Å². The average Bonchev–Trinajstić information content (AvgIpc) is 3.22. The van der Waals surface area contributed by atoms with Crippen molar-refractivity contribution in [3.05, 3.63) is 56.5 Å². The number of thiophene rings is 1. The Hall–Kier alpha value is -2.45. The molecular weight excluding hydrogens is 406 g/mol. The highest BCUT2D eigenvalue weighted by Gasteiger charge is 2.21. The first-order chi connectivity index (χ1) is 13.8. The van der Waals surface area contributed by atoms with E-state index in [-0.39, 0.29) is 22.9 Å². The van der Waals surface area contributed by atoms with Gasteiger partial charge in [0.1, 0.15) is 4.83 Å². The molecule has 152 valence electrons. The van der Waals surface area contributed by atoms with Crippen molar-refractivity contribution in [1.29, 1.82) is 0 Å². The first-order valence-corrected chi connectivity index (χ1v) is 11.1. The number of carbonyl (C=O) groups is 2. The van der Waals surface area contributed by atoms with Crippen LogP contribution in [0.1, 0.15) is 50.8 Å². The van der Waals surface area contributed by atoms with Crippen LogP contribution in [0.5, 0.6) is 0 Å². The molecule has 0 amide bonds. The van der Waals surface area contributed by atoms with Gasteiger partial charge < -0.3 is 4.98 Å². The number of Topliss-reactive ketones (excluding diaryl/α,β-unsaturated/α-hetero) is 2. The molecule has 0 atom stereocenters. The number of fused-ring (bicyclic) bond motifs is 1. The monoisotopic (exact) mass is 429 g/mol. The van der Waals surface area contributed by atoms with Gasteiger partial charge in [0.05, 0.1) is 16.8 Å². The summed E-state index contributed by atoms with van der Waals surface area (Å²) in [4.78, 5) is 47.0. The van der Waals surface area contributed by atoms with Crippen molar-refractivity contribution in [2.75, 3.05) is 5.75 Å². The second kappa shape index (κ2) is 8.51. The summed E-state index contributed by atoms with van der Waals surface area (Å²) in [6, 6.07) is 1.89. The molecule has 3 aromatic rings. The van der Waals surface area contributed by atoms with Gasteiger partial charge in [-0.15, -0.1) is 17.9 Å². The second-order valence-corrected chi connectivity index (χ2v) is 8.83. The number of thioether (sulfide) groups is 1. The number of hydrogen-bond acceptors (Lipinski definition) is 6. The molecule has 8 heteroatoms. The fourth-order valence-corrected chi connectivity index (χ4v) is 5.27. The zero-order valence-corrected chi connectivity index (χ0v) is 18.6. The Balaban J connectivity index is 1.94. The Bertz CT molecular complexity index is 1180. The van der Waals surface area contributed by atoms with Crippen molar-refractivity contribution in [3.63, 3.8) is 0 Å². The van der Waals surface area contributed by atoms with Gasteiger partial charge in [-0.25, -0.2) is 4.98 Å². The zero-order valence-electron chi connectivity index (χ0n) is 16.9. The van der Waals surface area contributed by atoms with Crippen molar-refractivity contribution in [3.8, 4) is 0 Å². The first-order valence-electron chi connectivity index (χ1n) is 9.28. The predicted molar refractivity (Wildman–Crippen MR) is 119 cm³/mol. The molecule has 0 aromatic carbocycles. The lowest BCUT2D eigenvalue weighted by Gasteiger charge is -2.09. The summed E-state index contributed by atoms with van der Waals surface area (Å²) in [5.74, 6) is -0.0958. The quantitative estimate of drug-likeness (QED) is 0.249. The largest absolute Gasteiger partial charge is 0.355 e. The van der Waals surface area contributed by atoms with Crippen LogP contribution in [-0.2, 0) is 13.0 Å². The highest BCUT2D eigenvalue weighted by molar-refractivity contribution is 7.99. The lowest BCUT2D eigenvalue weighted by Crippen LogP contribution is -2.22. The molecule has 0 bridgehead atoms. The molecule has 0 radical (unpaired) electrons. The van der Waals surface area contributed by atoms with Crippen LogP contribution in [0.2, 0.25) is 0 Å². The van der Waals surface area contributed by atoms with Crippen molar-refractivity contribution >= 4 is 44.9 Å². The highest BCUT2D eigenvalue weighted by atomic mass is 32.2. The summed E-state index contributed by atoms with van der Waals surface area (Å²) in [7, 11) is 0. The summed E-state index contributed by atoms with van der Waals surface area (Å²) in [6.07, 6.45) is 2.48. The summed E-state index contributed by atoms with van der Waals surface area (Å²) in [6.45, 7) is 11.1. The Morgan fingerprint density at radius 3 is 2.69 bits per heavy atom. The van der Waals surface area contributed by atoms with Gasteiger partial charge in [-0.3, -0.25) is 19.0 Å². The minimum Gasteiger partial charge on any atom is -0.355 e. The Kier molecular flexibility index (Phi) is 6.24. The number of nitrogens with one attached hydrogen (secondary N) is 1. The van der Waals surface area contributed by atoms with Gasteiger partial charge in [0.15, 0.2) is 16.7 Å². The zero-order chi connectivity index (χ0) is 21.3. The number of carbonyl (C=O) groups excluding carboxylic acids is 2. The molecule has 1 N–H and O–H groups in total. The number of ketones is 2. The van der Waals surface area contributed by atoms with Gasteiger partial charge in [0, 0.05) is 22.7 Å². The third-order valence-electron chi connectivity index (χ3n) is 4.73. The van der Waals surface area contributed by atoms with E-state index in [4.69, 9.17) is 0 Å². The normalized spacial score (nSPS) is 11.2. The van der Waals surface area contributed by atoms with Gasteiger partial charge in [-0.05, 0) is 38.8 Å². The fourth-order valence-electron chi connectivity index (χ4n) is 3.38. The molecule has 6 nitrogen and oxygen atoms in total. The van der Waals surface area contributed by atoms with Gasteiger partial charge in [0.25, 0.3) is 5.56 Å². The molecular formula is C21H23N3O3S2. The van der Waals surface area contributed by atoms with Crippen molar-refractivity contribution in [2.45, 2.75) is 45.8 Å². The summed E-state index contributed by atoms with van der Waals surface area (Å²) < 4.78 is 1.55. The molecule has 0 saturated carbocycles. The number of rotatable bonds is 8. The smallest absolute Gasteiger partial charge is 0.263 e. The lowest BCUT2D eigenvalue weighted by molar-refractivity contribution is 0.101.